The molecule has 3 N–H and O–H groups in total. The molecule has 0 amide bonds. The molecule has 0 fully saturated rings. The Kier molecular flexibility index (Phi) is 3.38. The van der Waals surface area contributed by atoms with E-state index in [0.29, 0.717) is 12.0 Å². The fourth-order valence-electron chi connectivity index (χ4n) is 1.15. The van der Waals surface area contributed by atoms with Crippen molar-refractivity contribution in [3.63, 3.8) is 0 Å². The molecular formula is C10H12O5. The summed E-state index contributed by atoms with van der Waals surface area (Å²) in [7, 11) is 1.29. The smallest absolute Gasteiger partial charge is 0.305 e. The van der Waals surface area contributed by atoms with Crippen molar-refractivity contribution >= 4 is 5.97 Å². The van der Waals surface area contributed by atoms with Crippen LogP contribution in [0, 0.1) is 0 Å². The number of carbonyl (C=O) groups excluding carboxylic acids is 1. The lowest BCUT2D eigenvalue weighted by Gasteiger charge is -2.05. The highest BCUT2D eigenvalue weighted by Gasteiger charge is 2.09. The standard InChI is InChI=1S/C10H12O5/c1-15-9(13)3-2-6-4-7(11)10(14)8(12)5-6/h4-5,11-12,14H,2-3H2,1H3. The number of aromatic hydroxyl groups is 3. The van der Waals surface area contributed by atoms with Crippen molar-refractivity contribution in [2.75, 3.05) is 7.11 Å². The van der Waals surface area contributed by atoms with Gasteiger partial charge in [0.25, 0.3) is 0 Å². The van der Waals surface area contributed by atoms with E-state index in [1.54, 1.807) is 0 Å². The van der Waals surface area contributed by atoms with Gasteiger partial charge in [0.1, 0.15) is 0 Å². The van der Waals surface area contributed by atoms with E-state index in [2.05, 4.69) is 4.74 Å². The average molecular weight is 212 g/mol. The maximum absolute atomic E-state index is 10.8. The summed E-state index contributed by atoms with van der Waals surface area (Å²) in [4.78, 5) is 10.8. The van der Waals surface area contributed by atoms with E-state index in [-0.39, 0.29) is 12.4 Å². The topological polar surface area (TPSA) is 87.0 Å². The Labute approximate surface area is 86.5 Å². The molecule has 1 aromatic rings. The van der Waals surface area contributed by atoms with Crippen LogP contribution in [-0.2, 0) is 16.0 Å². The summed E-state index contributed by atoms with van der Waals surface area (Å²) >= 11 is 0. The van der Waals surface area contributed by atoms with Gasteiger partial charge in [-0.3, -0.25) is 4.79 Å². The largest absolute Gasteiger partial charge is 0.504 e. The first-order valence-corrected chi connectivity index (χ1v) is 4.35. The zero-order chi connectivity index (χ0) is 11.4. The minimum atomic E-state index is -0.559. The van der Waals surface area contributed by atoms with Crippen LogP contribution in [0.5, 0.6) is 17.2 Å². The second-order valence-corrected chi connectivity index (χ2v) is 3.06. The van der Waals surface area contributed by atoms with Crippen LogP contribution in [-0.4, -0.2) is 28.4 Å². The van der Waals surface area contributed by atoms with Gasteiger partial charge >= 0.3 is 5.97 Å². The number of esters is 1. The third-order valence-corrected chi connectivity index (χ3v) is 1.97. The first-order valence-electron chi connectivity index (χ1n) is 4.35. The fourth-order valence-corrected chi connectivity index (χ4v) is 1.15. The number of benzene rings is 1. The van der Waals surface area contributed by atoms with Gasteiger partial charge in [0, 0.05) is 6.42 Å². The first-order chi connectivity index (χ1) is 7.04. The van der Waals surface area contributed by atoms with Crippen LogP contribution in [0.2, 0.25) is 0 Å². The van der Waals surface area contributed by atoms with Crippen molar-refractivity contribution in [1.82, 2.24) is 0 Å². The number of ether oxygens (including phenoxy) is 1. The molecular weight excluding hydrogens is 200 g/mol. The number of phenols is 3. The molecule has 1 aromatic carbocycles. The first kappa shape index (κ1) is 11.2. The Hall–Kier alpha value is -1.91. The van der Waals surface area contributed by atoms with Gasteiger partial charge in [-0.2, -0.15) is 0 Å². The number of hydrogen-bond donors (Lipinski definition) is 3. The highest BCUT2D eigenvalue weighted by Crippen LogP contribution is 2.35. The minimum Gasteiger partial charge on any atom is -0.504 e. The second-order valence-electron chi connectivity index (χ2n) is 3.06. The molecule has 0 saturated heterocycles. The van der Waals surface area contributed by atoms with Crippen molar-refractivity contribution < 1.29 is 24.9 Å². The molecule has 0 saturated carbocycles. The van der Waals surface area contributed by atoms with Crippen LogP contribution in [0.25, 0.3) is 0 Å². The van der Waals surface area contributed by atoms with Crippen LogP contribution in [0.15, 0.2) is 12.1 Å². The van der Waals surface area contributed by atoms with Gasteiger partial charge < -0.3 is 20.1 Å². The molecule has 0 atom stereocenters. The van der Waals surface area contributed by atoms with Crippen LogP contribution < -0.4 is 0 Å². The molecule has 0 radical (unpaired) electrons. The number of hydrogen-bond acceptors (Lipinski definition) is 5. The third-order valence-electron chi connectivity index (χ3n) is 1.97. The lowest BCUT2D eigenvalue weighted by Crippen LogP contribution is -2.01. The molecule has 5 nitrogen and oxygen atoms in total. The number of carbonyl (C=O) groups is 1. The van der Waals surface area contributed by atoms with Gasteiger partial charge in [-0.25, -0.2) is 0 Å². The summed E-state index contributed by atoms with van der Waals surface area (Å²) in [6, 6.07) is 2.58. The number of aryl methyl sites for hydroxylation is 1. The summed E-state index contributed by atoms with van der Waals surface area (Å²) in [5.74, 6) is -1.75. The normalized spacial score (nSPS) is 9.93. The highest BCUT2D eigenvalue weighted by molar-refractivity contribution is 5.69. The van der Waals surface area contributed by atoms with E-state index < -0.39 is 17.2 Å². The zero-order valence-electron chi connectivity index (χ0n) is 8.23. The van der Waals surface area contributed by atoms with Crippen molar-refractivity contribution in [2.24, 2.45) is 0 Å². The van der Waals surface area contributed by atoms with Crippen LogP contribution >= 0.6 is 0 Å². The molecule has 0 spiro atoms. The molecule has 1 rings (SSSR count). The molecule has 0 aliphatic carbocycles. The van der Waals surface area contributed by atoms with E-state index in [4.69, 9.17) is 5.11 Å². The van der Waals surface area contributed by atoms with Gasteiger partial charge in [0.15, 0.2) is 17.2 Å². The molecule has 0 aliphatic rings. The number of rotatable bonds is 3. The Bertz CT molecular complexity index is 349. The Balaban J connectivity index is 2.75. The van der Waals surface area contributed by atoms with E-state index >= 15 is 0 Å². The van der Waals surface area contributed by atoms with Crippen molar-refractivity contribution in [2.45, 2.75) is 12.8 Å². The van der Waals surface area contributed by atoms with Gasteiger partial charge in [0.05, 0.1) is 7.11 Å². The molecule has 0 bridgehead atoms. The third kappa shape index (κ3) is 2.77. The number of methoxy groups -OCH3 is 1. The van der Waals surface area contributed by atoms with Crippen LogP contribution in [0.1, 0.15) is 12.0 Å². The van der Waals surface area contributed by atoms with E-state index in [1.807, 2.05) is 0 Å². The maximum Gasteiger partial charge on any atom is 0.305 e. The average Bonchev–Trinajstić information content (AvgIpc) is 2.22. The van der Waals surface area contributed by atoms with E-state index in [9.17, 15) is 15.0 Å². The summed E-state index contributed by atoms with van der Waals surface area (Å²) in [6.07, 6.45) is 0.480. The predicted octanol–water partition coefficient (Wildman–Crippen LogP) is 0.909. The number of phenolic OH excluding ortho intramolecular Hbond substituents is 3. The monoisotopic (exact) mass is 212 g/mol. The molecule has 0 aliphatic heterocycles. The molecule has 0 heterocycles. The molecule has 82 valence electrons. The van der Waals surface area contributed by atoms with Gasteiger partial charge in [-0.15, -0.1) is 0 Å². The molecule has 0 aromatic heterocycles. The Morgan fingerprint density at radius 2 is 1.80 bits per heavy atom. The summed E-state index contributed by atoms with van der Waals surface area (Å²) < 4.78 is 4.44. The zero-order valence-corrected chi connectivity index (χ0v) is 8.23. The Morgan fingerprint density at radius 3 is 2.27 bits per heavy atom. The maximum atomic E-state index is 10.8. The van der Waals surface area contributed by atoms with Crippen molar-refractivity contribution in [1.29, 1.82) is 0 Å². The summed E-state index contributed by atoms with van der Waals surface area (Å²) in [5.41, 5.74) is 0.549. The molecule has 0 unspecified atom stereocenters. The quantitative estimate of drug-likeness (QED) is 0.512. The van der Waals surface area contributed by atoms with Crippen molar-refractivity contribution in [3.05, 3.63) is 17.7 Å². The van der Waals surface area contributed by atoms with Gasteiger partial charge in [-0.1, -0.05) is 0 Å². The molecule has 5 heteroatoms. The molecule has 15 heavy (non-hydrogen) atoms. The lowest BCUT2D eigenvalue weighted by molar-refractivity contribution is -0.140. The van der Waals surface area contributed by atoms with Gasteiger partial charge in [-0.05, 0) is 24.1 Å². The predicted molar refractivity (Wildman–Crippen MR) is 51.8 cm³/mol. The van der Waals surface area contributed by atoms with E-state index in [0.717, 1.165) is 0 Å². The summed E-state index contributed by atoms with van der Waals surface area (Å²) in [6.45, 7) is 0. The van der Waals surface area contributed by atoms with E-state index in [1.165, 1.54) is 19.2 Å². The lowest BCUT2D eigenvalue weighted by atomic mass is 10.1. The highest BCUT2D eigenvalue weighted by atomic mass is 16.5. The summed E-state index contributed by atoms with van der Waals surface area (Å²) in [5, 5.41) is 27.4. The van der Waals surface area contributed by atoms with Crippen LogP contribution in [0.4, 0.5) is 0 Å². The Morgan fingerprint density at radius 1 is 1.27 bits per heavy atom. The minimum absolute atomic E-state index is 0.153. The second kappa shape index (κ2) is 4.54. The van der Waals surface area contributed by atoms with Gasteiger partial charge in [0.2, 0.25) is 0 Å². The van der Waals surface area contributed by atoms with Crippen LogP contribution in [0.3, 0.4) is 0 Å². The fraction of sp³-hybridized carbons (Fsp3) is 0.300. The SMILES string of the molecule is COC(=O)CCc1cc(O)c(O)c(O)c1. The van der Waals surface area contributed by atoms with Crippen molar-refractivity contribution in [3.8, 4) is 17.2 Å².